The number of hydrogen-bond acceptors (Lipinski definition) is 4. The molecule has 7 heteroatoms. The number of nitrogens with one attached hydrogen (secondary N) is 1. The van der Waals surface area contributed by atoms with E-state index >= 15 is 0 Å². The summed E-state index contributed by atoms with van der Waals surface area (Å²) in [5.74, 6) is 1.71. The topological polar surface area (TPSA) is 49.4 Å². The maximum atomic E-state index is 12.9. The van der Waals surface area contributed by atoms with E-state index in [-0.39, 0.29) is 6.04 Å². The zero-order valence-electron chi connectivity index (χ0n) is 12.3. The van der Waals surface area contributed by atoms with E-state index in [2.05, 4.69) is 21.2 Å². The molecule has 1 saturated heterocycles. The molecule has 1 heterocycles. The van der Waals surface area contributed by atoms with E-state index in [1.54, 1.807) is 10.4 Å². The Bertz CT molecular complexity index is 593. The average molecular weight is 393 g/mol. The highest BCUT2D eigenvalue weighted by atomic mass is 79.9. The number of benzene rings is 1. The molecule has 1 aromatic carbocycles. The van der Waals surface area contributed by atoms with Crippen LogP contribution in [0.5, 0.6) is 0 Å². The molecule has 118 valence electrons. The molecule has 0 aliphatic carbocycles. The Morgan fingerprint density at radius 3 is 2.90 bits per heavy atom. The Hall–Kier alpha value is -0.0800. The Labute approximate surface area is 139 Å². The minimum atomic E-state index is -3.44. The predicted molar refractivity (Wildman–Crippen MR) is 92.2 cm³/mol. The van der Waals surface area contributed by atoms with Crippen LogP contribution in [0, 0.1) is 0 Å². The van der Waals surface area contributed by atoms with E-state index in [0.29, 0.717) is 22.5 Å². The second kappa shape index (κ2) is 7.46. The van der Waals surface area contributed by atoms with Crippen LogP contribution in [0.15, 0.2) is 27.6 Å². The van der Waals surface area contributed by atoms with Gasteiger partial charge in [0.05, 0.1) is 4.90 Å². The zero-order valence-corrected chi connectivity index (χ0v) is 15.5. The zero-order chi connectivity index (χ0) is 15.5. The number of thioether (sulfide) groups is 1. The molecule has 2 rings (SSSR count). The van der Waals surface area contributed by atoms with Crippen molar-refractivity contribution in [3.63, 3.8) is 0 Å². The van der Waals surface area contributed by atoms with Crippen LogP contribution < -0.4 is 5.32 Å². The summed E-state index contributed by atoms with van der Waals surface area (Å²) >= 11 is 5.20. The van der Waals surface area contributed by atoms with Gasteiger partial charge in [-0.05, 0) is 47.1 Å². The number of halogens is 1. The number of sulfonamides is 1. The smallest absolute Gasteiger partial charge is 0.244 e. The van der Waals surface area contributed by atoms with Gasteiger partial charge in [0.2, 0.25) is 10.0 Å². The third kappa shape index (κ3) is 4.01. The first-order chi connectivity index (χ1) is 9.96. The van der Waals surface area contributed by atoms with Crippen molar-refractivity contribution in [2.75, 3.05) is 24.6 Å². The van der Waals surface area contributed by atoms with Crippen LogP contribution in [0.4, 0.5) is 0 Å². The van der Waals surface area contributed by atoms with Gasteiger partial charge >= 0.3 is 0 Å². The van der Waals surface area contributed by atoms with Gasteiger partial charge in [-0.25, -0.2) is 8.42 Å². The summed E-state index contributed by atoms with van der Waals surface area (Å²) in [5, 5.41) is 3.22. The highest BCUT2D eigenvalue weighted by molar-refractivity contribution is 9.10. The van der Waals surface area contributed by atoms with E-state index in [1.807, 2.05) is 37.7 Å². The monoisotopic (exact) mass is 392 g/mol. The highest BCUT2D eigenvalue weighted by Gasteiger charge is 2.32. The molecule has 1 aromatic rings. The highest BCUT2D eigenvalue weighted by Crippen LogP contribution is 2.30. The van der Waals surface area contributed by atoms with Crippen LogP contribution in [0.25, 0.3) is 0 Å². The molecule has 0 spiro atoms. The molecule has 1 atom stereocenters. The van der Waals surface area contributed by atoms with E-state index in [9.17, 15) is 8.42 Å². The van der Waals surface area contributed by atoms with Gasteiger partial charge in [-0.2, -0.15) is 16.1 Å². The van der Waals surface area contributed by atoms with Gasteiger partial charge in [0.25, 0.3) is 0 Å². The van der Waals surface area contributed by atoms with Crippen molar-refractivity contribution in [2.45, 2.75) is 31.3 Å². The minimum Gasteiger partial charge on any atom is -0.313 e. The molecule has 1 fully saturated rings. The SMILES string of the molecule is CCNCc1ccc(Br)c(S(=O)(=O)N2CCSCC2C)c1. The molecule has 1 aliphatic heterocycles. The Morgan fingerprint density at radius 1 is 1.48 bits per heavy atom. The summed E-state index contributed by atoms with van der Waals surface area (Å²) in [7, 11) is -3.44. The van der Waals surface area contributed by atoms with Crippen molar-refractivity contribution in [3.05, 3.63) is 28.2 Å². The molecule has 0 aromatic heterocycles. The summed E-state index contributed by atoms with van der Waals surface area (Å²) in [5.41, 5.74) is 0.984. The summed E-state index contributed by atoms with van der Waals surface area (Å²) in [4.78, 5) is 0.372. The first-order valence-electron chi connectivity index (χ1n) is 7.05. The van der Waals surface area contributed by atoms with Crippen LogP contribution in [-0.4, -0.2) is 43.4 Å². The standard InChI is InChI=1S/C14H21BrN2O2S2/c1-3-16-9-12-4-5-13(15)14(8-12)21(18,19)17-6-7-20-10-11(17)2/h4-5,8,11,16H,3,6-7,9-10H2,1-2H3. The largest absolute Gasteiger partial charge is 0.313 e. The lowest BCUT2D eigenvalue weighted by Gasteiger charge is -2.32. The normalized spacial score (nSPS) is 20.6. The maximum Gasteiger partial charge on any atom is 0.244 e. The third-order valence-corrected chi connectivity index (χ3v) is 7.66. The molecule has 21 heavy (non-hydrogen) atoms. The number of hydrogen-bond donors (Lipinski definition) is 1. The van der Waals surface area contributed by atoms with Crippen LogP contribution in [0.2, 0.25) is 0 Å². The number of nitrogens with zero attached hydrogens (tertiary/aromatic N) is 1. The van der Waals surface area contributed by atoms with Gasteiger partial charge in [0.1, 0.15) is 0 Å². The fourth-order valence-corrected chi connectivity index (χ4v) is 6.15. The van der Waals surface area contributed by atoms with Crippen molar-refractivity contribution >= 4 is 37.7 Å². The quantitative estimate of drug-likeness (QED) is 0.836. The van der Waals surface area contributed by atoms with Crippen molar-refractivity contribution in [1.82, 2.24) is 9.62 Å². The van der Waals surface area contributed by atoms with E-state index < -0.39 is 10.0 Å². The van der Waals surface area contributed by atoms with Crippen molar-refractivity contribution in [1.29, 1.82) is 0 Å². The van der Waals surface area contributed by atoms with Crippen LogP contribution in [0.1, 0.15) is 19.4 Å². The summed E-state index contributed by atoms with van der Waals surface area (Å²) < 4.78 is 28.1. The Balaban J connectivity index is 2.34. The fourth-order valence-electron chi connectivity index (χ4n) is 2.32. The molecule has 4 nitrogen and oxygen atoms in total. The van der Waals surface area contributed by atoms with E-state index in [0.717, 1.165) is 23.6 Å². The second-order valence-electron chi connectivity index (χ2n) is 5.08. The second-order valence-corrected chi connectivity index (χ2v) is 8.95. The van der Waals surface area contributed by atoms with Crippen molar-refractivity contribution in [2.24, 2.45) is 0 Å². The molecule has 0 bridgehead atoms. The minimum absolute atomic E-state index is 0.0399. The van der Waals surface area contributed by atoms with Crippen LogP contribution in [-0.2, 0) is 16.6 Å². The molecule has 0 radical (unpaired) electrons. The van der Waals surface area contributed by atoms with Gasteiger partial charge < -0.3 is 5.32 Å². The fraction of sp³-hybridized carbons (Fsp3) is 0.571. The molecule has 0 amide bonds. The van der Waals surface area contributed by atoms with E-state index in [1.165, 1.54) is 0 Å². The Kier molecular flexibility index (Phi) is 6.14. The molecule has 1 unspecified atom stereocenters. The van der Waals surface area contributed by atoms with Gasteiger partial charge in [0, 0.05) is 35.1 Å². The third-order valence-electron chi connectivity index (χ3n) is 3.47. The van der Waals surface area contributed by atoms with Gasteiger partial charge in [-0.15, -0.1) is 0 Å². The molecule has 0 saturated carbocycles. The first kappa shape index (κ1) is 17.3. The predicted octanol–water partition coefficient (Wildman–Crippen LogP) is 2.68. The van der Waals surface area contributed by atoms with Crippen LogP contribution >= 0.6 is 27.7 Å². The van der Waals surface area contributed by atoms with Gasteiger partial charge in [-0.3, -0.25) is 0 Å². The van der Waals surface area contributed by atoms with Crippen molar-refractivity contribution in [3.8, 4) is 0 Å². The molecular formula is C14H21BrN2O2S2. The van der Waals surface area contributed by atoms with Gasteiger partial charge in [-0.1, -0.05) is 13.0 Å². The van der Waals surface area contributed by atoms with E-state index in [4.69, 9.17) is 0 Å². The first-order valence-corrected chi connectivity index (χ1v) is 10.4. The Morgan fingerprint density at radius 2 is 2.24 bits per heavy atom. The molecule has 1 aliphatic rings. The van der Waals surface area contributed by atoms with Gasteiger partial charge in [0.15, 0.2) is 0 Å². The molecular weight excluding hydrogens is 372 g/mol. The maximum absolute atomic E-state index is 12.9. The lowest BCUT2D eigenvalue weighted by Crippen LogP contribution is -2.44. The lowest BCUT2D eigenvalue weighted by molar-refractivity contribution is 0.367. The molecule has 1 N–H and O–H groups in total. The summed E-state index contributed by atoms with van der Waals surface area (Å²) in [6.07, 6.45) is 0. The summed E-state index contributed by atoms with van der Waals surface area (Å²) in [6, 6.07) is 5.58. The average Bonchev–Trinajstić information content (AvgIpc) is 2.46. The summed E-state index contributed by atoms with van der Waals surface area (Å²) in [6.45, 7) is 6.12. The number of rotatable bonds is 5. The van der Waals surface area contributed by atoms with Crippen molar-refractivity contribution < 1.29 is 8.42 Å². The lowest BCUT2D eigenvalue weighted by atomic mass is 10.2. The van der Waals surface area contributed by atoms with Crippen LogP contribution in [0.3, 0.4) is 0 Å².